The molecule has 0 aliphatic heterocycles. The van der Waals surface area contributed by atoms with Gasteiger partial charge >= 0.3 is 0 Å². The molecule has 0 aromatic heterocycles. The van der Waals surface area contributed by atoms with E-state index in [-0.39, 0.29) is 11.5 Å². The first-order chi connectivity index (χ1) is 6.91. The third kappa shape index (κ3) is 2.82. The first-order valence-corrected chi connectivity index (χ1v) is 5.25. The van der Waals surface area contributed by atoms with Crippen LogP contribution in [-0.2, 0) is 0 Å². The average molecular weight is 206 g/mol. The van der Waals surface area contributed by atoms with Gasteiger partial charge in [0.2, 0.25) is 0 Å². The van der Waals surface area contributed by atoms with Crippen molar-refractivity contribution in [1.82, 2.24) is 0 Å². The number of carbonyl (C=O) groups excluding carboxylic acids is 1. The standard InChI is InChI=1S/C13H18O2/c1-8(2)5-12(14)11-7-9(3)6-10(4)13(11)15/h6-8,15H,5H2,1-4H3. The fourth-order valence-corrected chi connectivity index (χ4v) is 1.65. The van der Waals surface area contributed by atoms with E-state index in [0.29, 0.717) is 17.9 Å². The molecule has 0 radical (unpaired) electrons. The van der Waals surface area contributed by atoms with Crippen LogP contribution < -0.4 is 0 Å². The van der Waals surface area contributed by atoms with Crippen LogP contribution in [0.1, 0.15) is 41.8 Å². The third-order valence-electron chi connectivity index (χ3n) is 2.34. The van der Waals surface area contributed by atoms with E-state index in [1.807, 2.05) is 33.8 Å². The number of hydrogen-bond acceptors (Lipinski definition) is 2. The van der Waals surface area contributed by atoms with Crippen LogP contribution in [0.5, 0.6) is 5.75 Å². The number of benzene rings is 1. The normalized spacial score (nSPS) is 10.7. The van der Waals surface area contributed by atoms with Gasteiger partial charge in [0.15, 0.2) is 5.78 Å². The summed E-state index contributed by atoms with van der Waals surface area (Å²) in [6.45, 7) is 7.74. The Morgan fingerprint density at radius 2 is 1.93 bits per heavy atom. The van der Waals surface area contributed by atoms with Gasteiger partial charge in [0, 0.05) is 6.42 Å². The molecule has 0 saturated heterocycles. The van der Waals surface area contributed by atoms with Crippen LogP contribution in [0.3, 0.4) is 0 Å². The molecule has 1 aromatic rings. The van der Waals surface area contributed by atoms with Crippen LogP contribution in [0.4, 0.5) is 0 Å². The Bertz CT molecular complexity index is 378. The number of carbonyl (C=O) groups is 1. The summed E-state index contributed by atoms with van der Waals surface area (Å²) >= 11 is 0. The fourth-order valence-electron chi connectivity index (χ4n) is 1.65. The maximum Gasteiger partial charge on any atom is 0.166 e. The van der Waals surface area contributed by atoms with E-state index in [1.165, 1.54) is 0 Å². The van der Waals surface area contributed by atoms with Crippen LogP contribution in [0, 0.1) is 19.8 Å². The van der Waals surface area contributed by atoms with Crippen molar-refractivity contribution in [2.45, 2.75) is 34.1 Å². The molecule has 0 aliphatic carbocycles. The number of ketones is 1. The van der Waals surface area contributed by atoms with Crippen molar-refractivity contribution in [1.29, 1.82) is 0 Å². The smallest absolute Gasteiger partial charge is 0.166 e. The predicted molar refractivity (Wildman–Crippen MR) is 61.4 cm³/mol. The molecule has 0 heterocycles. The first kappa shape index (κ1) is 11.8. The molecule has 0 atom stereocenters. The van der Waals surface area contributed by atoms with Gasteiger partial charge in [-0.3, -0.25) is 4.79 Å². The molecule has 0 saturated carbocycles. The zero-order valence-electron chi connectivity index (χ0n) is 9.79. The lowest BCUT2D eigenvalue weighted by molar-refractivity contribution is 0.0965. The minimum atomic E-state index is 0.0225. The van der Waals surface area contributed by atoms with Gasteiger partial charge in [-0.25, -0.2) is 0 Å². The van der Waals surface area contributed by atoms with E-state index >= 15 is 0 Å². The summed E-state index contributed by atoms with van der Waals surface area (Å²) in [6.07, 6.45) is 0.483. The molecule has 1 aromatic carbocycles. The minimum absolute atomic E-state index is 0.0225. The van der Waals surface area contributed by atoms with Crippen molar-refractivity contribution in [2.75, 3.05) is 0 Å². The van der Waals surface area contributed by atoms with Crippen LogP contribution in [0.25, 0.3) is 0 Å². The van der Waals surface area contributed by atoms with Gasteiger partial charge in [-0.2, -0.15) is 0 Å². The van der Waals surface area contributed by atoms with E-state index in [4.69, 9.17) is 0 Å². The highest BCUT2D eigenvalue weighted by Crippen LogP contribution is 2.25. The molecular formula is C13H18O2. The third-order valence-corrected chi connectivity index (χ3v) is 2.34. The Kier molecular flexibility index (Phi) is 3.51. The maximum absolute atomic E-state index is 11.8. The zero-order chi connectivity index (χ0) is 11.6. The quantitative estimate of drug-likeness (QED) is 0.771. The van der Waals surface area contributed by atoms with Crippen molar-refractivity contribution >= 4 is 5.78 Å². The summed E-state index contributed by atoms with van der Waals surface area (Å²) < 4.78 is 0. The SMILES string of the molecule is Cc1cc(C)c(O)c(C(=O)CC(C)C)c1. The maximum atomic E-state index is 11.8. The fraction of sp³-hybridized carbons (Fsp3) is 0.462. The lowest BCUT2D eigenvalue weighted by Gasteiger charge is -2.09. The number of phenols is 1. The van der Waals surface area contributed by atoms with Gasteiger partial charge in [-0.05, 0) is 37.0 Å². The van der Waals surface area contributed by atoms with Crippen LogP contribution in [0.15, 0.2) is 12.1 Å². The largest absolute Gasteiger partial charge is 0.507 e. The zero-order valence-corrected chi connectivity index (χ0v) is 9.79. The molecule has 2 nitrogen and oxygen atoms in total. The Labute approximate surface area is 90.9 Å². The van der Waals surface area contributed by atoms with Crippen molar-refractivity contribution in [3.8, 4) is 5.75 Å². The molecule has 82 valence electrons. The van der Waals surface area contributed by atoms with Gasteiger partial charge in [0.05, 0.1) is 5.56 Å². The van der Waals surface area contributed by atoms with Crippen LogP contribution in [-0.4, -0.2) is 10.9 Å². The molecule has 0 fully saturated rings. The van der Waals surface area contributed by atoms with Gasteiger partial charge in [0.1, 0.15) is 5.75 Å². The summed E-state index contributed by atoms with van der Waals surface area (Å²) in [5, 5.41) is 9.78. The van der Waals surface area contributed by atoms with Crippen molar-refractivity contribution < 1.29 is 9.90 Å². The molecule has 0 aliphatic rings. The highest BCUT2D eigenvalue weighted by Gasteiger charge is 2.14. The van der Waals surface area contributed by atoms with Gasteiger partial charge in [-0.15, -0.1) is 0 Å². The molecule has 1 rings (SSSR count). The number of aryl methyl sites for hydroxylation is 2. The Morgan fingerprint density at radius 1 is 1.33 bits per heavy atom. The monoisotopic (exact) mass is 206 g/mol. The average Bonchev–Trinajstić information content (AvgIpc) is 2.09. The van der Waals surface area contributed by atoms with Gasteiger partial charge < -0.3 is 5.11 Å². The Hall–Kier alpha value is -1.31. The topological polar surface area (TPSA) is 37.3 Å². The predicted octanol–water partition coefficient (Wildman–Crippen LogP) is 3.24. The van der Waals surface area contributed by atoms with Crippen LogP contribution >= 0.6 is 0 Å². The molecule has 2 heteroatoms. The summed E-state index contributed by atoms with van der Waals surface area (Å²) in [5.41, 5.74) is 2.24. The van der Waals surface area contributed by atoms with Crippen molar-refractivity contribution in [2.24, 2.45) is 5.92 Å². The summed E-state index contributed by atoms with van der Waals surface area (Å²) in [4.78, 5) is 11.8. The number of phenolic OH excluding ortho intramolecular Hbond substituents is 1. The van der Waals surface area contributed by atoms with Gasteiger partial charge in [0.25, 0.3) is 0 Å². The lowest BCUT2D eigenvalue weighted by atomic mass is 9.97. The number of hydrogen-bond donors (Lipinski definition) is 1. The van der Waals surface area contributed by atoms with E-state index in [9.17, 15) is 9.90 Å². The second-order valence-corrected chi connectivity index (χ2v) is 4.50. The van der Waals surface area contributed by atoms with Crippen molar-refractivity contribution in [3.63, 3.8) is 0 Å². The number of aromatic hydroxyl groups is 1. The molecule has 15 heavy (non-hydrogen) atoms. The highest BCUT2D eigenvalue weighted by atomic mass is 16.3. The number of Topliss-reactive ketones (excluding diaryl/α,β-unsaturated/α-hetero) is 1. The molecule has 1 N–H and O–H groups in total. The molecular weight excluding hydrogens is 188 g/mol. The van der Waals surface area contributed by atoms with E-state index in [2.05, 4.69) is 0 Å². The summed E-state index contributed by atoms with van der Waals surface area (Å²) in [6, 6.07) is 3.63. The van der Waals surface area contributed by atoms with E-state index < -0.39 is 0 Å². The Balaban J connectivity index is 3.08. The van der Waals surface area contributed by atoms with Crippen molar-refractivity contribution in [3.05, 3.63) is 28.8 Å². The lowest BCUT2D eigenvalue weighted by Crippen LogP contribution is -2.04. The van der Waals surface area contributed by atoms with Crippen LogP contribution in [0.2, 0.25) is 0 Å². The summed E-state index contributed by atoms with van der Waals surface area (Å²) in [7, 11) is 0. The minimum Gasteiger partial charge on any atom is -0.507 e. The summed E-state index contributed by atoms with van der Waals surface area (Å²) in [5.74, 6) is 0.471. The van der Waals surface area contributed by atoms with E-state index in [0.717, 1.165) is 11.1 Å². The first-order valence-electron chi connectivity index (χ1n) is 5.25. The van der Waals surface area contributed by atoms with Gasteiger partial charge in [-0.1, -0.05) is 19.9 Å². The Morgan fingerprint density at radius 3 is 2.47 bits per heavy atom. The molecule has 0 unspecified atom stereocenters. The second-order valence-electron chi connectivity index (χ2n) is 4.50. The molecule has 0 amide bonds. The molecule has 0 bridgehead atoms. The number of rotatable bonds is 3. The molecule has 0 spiro atoms. The highest BCUT2D eigenvalue weighted by molar-refractivity contribution is 5.99. The second kappa shape index (κ2) is 4.47. The van der Waals surface area contributed by atoms with E-state index in [1.54, 1.807) is 6.07 Å².